The second kappa shape index (κ2) is 21.8. The highest BCUT2D eigenvalue weighted by Gasteiger charge is 2.58. The van der Waals surface area contributed by atoms with E-state index in [1.165, 1.54) is 24.3 Å². The van der Waals surface area contributed by atoms with E-state index >= 15 is 0 Å². The zero-order valence-electron chi connectivity index (χ0n) is 36.0. The summed E-state index contributed by atoms with van der Waals surface area (Å²) >= 11 is 13.3. The first kappa shape index (κ1) is 45.6. The Morgan fingerprint density at radius 1 is 0.516 bits per heavy atom. The van der Waals surface area contributed by atoms with Crippen molar-refractivity contribution in [3.63, 3.8) is 0 Å². The number of pyridine rings is 2. The summed E-state index contributed by atoms with van der Waals surface area (Å²) in [5, 5.41) is 9.83. The van der Waals surface area contributed by atoms with Crippen LogP contribution in [0.25, 0.3) is 0 Å². The molecule has 2 aliphatic heterocycles. The van der Waals surface area contributed by atoms with E-state index < -0.39 is 11.1 Å². The first-order valence-corrected chi connectivity index (χ1v) is 23.1. The third kappa shape index (κ3) is 10.9. The molecule has 64 heavy (non-hydrogen) atoms. The van der Waals surface area contributed by atoms with E-state index in [-0.39, 0.29) is 11.6 Å². The molecule has 12 heteroatoms. The maximum atomic E-state index is 13.4. The van der Waals surface area contributed by atoms with Gasteiger partial charge in [0.1, 0.15) is 47.4 Å². The van der Waals surface area contributed by atoms with Crippen molar-refractivity contribution in [3.8, 4) is 11.5 Å². The Kier molecular flexibility index (Phi) is 15.6. The van der Waals surface area contributed by atoms with Crippen LogP contribution in [0.15, 0.2) is 146 Å². The lowest BCUT2D eigenvalue weighted by Gasteiger charge is -2.53. The van der Waals surface area contributed by atoms with Crippen molar-refractivity contribution in [2.24, 2.45) is 11.8 Å². The lowest BCUT2D eigenvalue weighted by molar-refractivity contribution is 0.123. The molecular weight excluding hydrogens is 850 g/mol. The minimum absolute atomic E-state index is 0.271. The van der Waals surface area contributed by atoms with Gasteiger partial charge in [0.2, 0.25) is 0 Å². The summed E-state index contributed by atoms with van der Waals surface area (Å²) in [4.78, 5) is 15.3. The molecule has 0 bridgehead atoms. The number of hydrogen-bond acceptors (Lipinski definition) is 8. The number of nitrogens with one attached hydrogen (secondary N) is 2. The molecule has 0 spiro atoms. The number of benzene rings is 4. The zero-order valence-corrected chi connectivity index (χ0v) is 37.5. The highest BCUT2D eigenvalue weighted by Crippen LogP contribution is 2.49. The number of hydrogen-bond donors (Lipinski definition) is 2. The van der Waals surface area contributed by atoms with Gasteiger partial charge in [0.05, 0.1) is 11.4 Å². The second-order valence-electron chi connectivity index (χ2n) is 16.9. The molecule has 4 heterocycles. The second-order valence-corrected chi connectivity index (χ2v) is 17.8. The van der Waals surface area contributed by atoms with Gasteiger partial charge in [-0.2, -0.15) is 0 Å². The van der Waals surface area contributed by atoms with E-state index in [2.05, 4.69) is 69.0 Å². The molecule has 2 N–H and O–H groups in total. The Bertz CT molecular complexity index is 2150. The smallest absolute Gasteiger partial charge is 0.123 e. The van der Waals surface area contributed by atoms with Crippen molar-refractivity contribution in [2.75, 3.05) is 65.6 Å². The fourth-order valence-corrected chi connectivity index (χ4v) is 9.65. The van der Waals surface area contributed by atoms with Crippen LogP contribution in [0, 0.1) is 23.5 Å². The van der Waals surface area contributed by atoms with E-state index in [1.807, 2.05) is 48.8 Å². The van der Waals surface area contributed by atoms with Gasteiger partial charge in [-0.05, 0) is 185 Å². The largest absolute Gasteiger partial charge is 0.492 e. The average Bonchev–Trinajstić information content (AvgIpc) is 3.33. The quantitative estimate of drug-likeness (QED) is 0.0833. The molecule has 8 nitrogen and oxygen atoms in total. The fourth-order valence-electron chi connectivity index (χ4n) is 9.40. The maximum Gasteiger partial charge on any atom is 0.123 e. The van der Waals surface area contributed by atoms with Gasteiger partial charge in [-0.3, -0.25) is 30.4 Å². The third-order valence-corrected chi connectivity index (χ3v) is 13.4. The number of nitrogens with zero attached hydrogens (tertiary/aromatic N) is 4. The molecule has 2 atom stereocenters. The van der Waals surface area contributed by atoms with Gasteiger partial charge < -0.3 is 9.47 Å². The molecule has 0 amide bonds. The van der Waals surface area contributed by atoms with E-state index in [9.17, 15) is 8.78 Å². The van der Waals surface area contributed by atoms with E-state index in [0.29, 0.717) is 59.7 Å². The van der Waals surface area contributed by atoms with Crippen molar-refractivity contribution in [3.05, 3.63) is 190 Å². The molecule has 2 aromatic heterocycles. The number of ether oxygens (including phenoxy) is 2. The van der Waals surface area contributed by atoms with Crippen molar-refractivity contribution >= 4 is 23.2 Å². The topological polar surface area (TPSA) is 74.8 Å². The van der Waals surface area contributed by atoms with Crippen LogP contribution in [-0.2, 0) is 11.1 Å². The molecule has 0 aliphatic carbocycles. The van der Waals surface area contributed by atoms with Gasteiger partial charge in [0.25, 0.3) is 0 Å². The summed E-state index contributed by atoms with van der Waals surface area (Å²) in [7, 11) is 0. The molecule has 1 unspecified atom stereocenters. The Morgan fingerprint density at radius 3 is 1.23 bits per heavy atom. The van der Waals surface area contributed by atoms with Crippen LogP contribution >= 0.6 is 23.2 Å². The number of piperidine rings is 2. The van der Waals surface area contributed by atoms with Crippen LogP contribution in [0.3, 0.4) is 0 Å². The molecule has 0 radical (unpaired) electrons. The van der Waals surface area contributed by atoms with Crippen LogP contribution in [0.1, 0.15) is 48.2 Å². The van der Waals surface area contributed by atoms with Crippen molar-refractivity contribution in [2.45, 2.75) is 36.8 Å². The zero-order chi connectivity index (χ0) is 44.2. The summed E-state index contributed by atoms with van der Waals surface area (Å²) in [5.41, 5.74) is 1.65. The SMILES string of the molecule is Fc1ccc(OCCN2CCC(CNC(c3ccc(Cl)cc3)(c3ccccn3)[C@](NCC3CCN(CCOc4ccc(F)cc4)CC3)(c3ccc(Cl)cc3)c3ccccn3)CC2)cc1. The minimum atomic E-state index is -1.01. The third-order valence-electron chi connectivity index (χ3n) is 12.9. The molecule has 334 valence electrons. The fraction of sp³-hybridized carbons (Fsp3) is 0.346. The standard InChI is InChI=1S/C52H56Cl2F2N6O2/c53-43-11-7-41(8-12-43)51(49-5-1-3-27-57-49,59-37-39-23-29-61(30-24-39)33-35-63-47-19-15-45(55)16-20-47)52(50-6-2-4-28-58-50,42-9-13-44(54)14-10-42)60-38-40-25-31-62(32-26-40)34-36-64-48-21-17-46(56)18-22-48/h1-22,27-28,39-40,59-60H,23-26,29-38H2/t51-,52?/m0/s1. The van der Waals surface area contributed by atoms with Crippen LogP contribution in [0.2, 0.25) is 10.0 Å². The molecular formula is C52H56Cl2F2N6O2. The molecule has 2 fully saturated rings. The number of rotatable bonds is 19. The summed E-state index contributed by atoms with van der Waals surface area (Å²) < 4.78 is 38.8. The van der Waals surface area contributed by atoms with Gasteiger partial charge in [-0.15, -0.1) is 0 Å². The highest BCUT2D eigenvalue weighted by atomic mass is 35.5. The van der Waals surface area contributed by atoms with Crippen LogP contribution < -0.4 is 20.1 Å². The molecule has 2 saturated heterocycles. The summed E-state index contributed by atoms with van der Waals surface area (Å²) in [5.74, 6) is 1.55. The van der Waals surface area contributed by atoms with Crippen molar-refractivity contribution in [1.29, 1.82) is 0 Å². The molecule has 4 aromatic carbocycles. The van der Waals surface area contributed by atoms with Crippen LogP contribution in [0.5, 0.6) is 11.5 Å². The Labute approximate surface area is 385 Å². The van der Waals surface area contributed by atoms with E-state index in [0.717, 1.165) is 87.5 Å². The lowest BCUT2D eigenvalue weighted by Crippen LogP contribution is -2.68. The van der Waals surface area contributed by atoms with Gasteiger partial charge in [-0.1, -0.05) is 59.6 Å². The predicted molar refractivity (Wildman–Crippen MR) is 251 cm³/mol. The molecule has 8 rings (SSSR count). The first-order valence-electron chi connectivity index (χ1n) is 22.4. The summed E-state index contributed by atoms with van der Waals surface area (Å²) in [6.07, 6.45) is 7.74. The van der Waals surface area contributed by atoms with Crippen molar-refractivity contribution < 1.29 is 18.3 Å². The molecule has 6 aromatic rings. The van der Waals surface area contributed by atoms with Crippen molar-refractivity contribution in [1.82, 2.24) is 30.4 Å². The van der Waals surface area contributed by atoms with Gasteiger partial charge in [-0.25, -0.2) is 8.78 Å². The van der Waals surface area contributed by atoms with E-state index in [4.69, 9.17) is 42.6 Å². The first-order chi connectivity index (χ1) is 31.3. The monoisotopic (exact) mass is 904 g/mol. The number of aromatic nitrogens is 2. The molecule has 0 saturated carbocycles. The average molecular weight is 906 g/mol. The Morgan fingerprint density at radius 2 is 0.891 bits per heavy atom. The van der Waals surface area contributed by atoms with Crippen LogP contribution in [0.4, 0.5) is 8.78 Å². The Hall–Kier alpha value is -4.94. The van der Waals surface area contributed by atoms with E-state index in [1.54, 1.807) is 24.3 Å². The predicted octanol–water partition coefficient (Wildman–Crippen LogP) is 10.0. The molecule has 2 aliphatic rings. The minimum Gasteiger partial charge on any atom is -0.492 e. The maximum absolute atomic E-state index is 13.4. The van der Waals surface area contributed by atoms with Gasteiger partial charge in [0, 0.05) is 35.5 Å². The van der Waals surface area contributed by atoms with Crippen LogP contribution in [-0.4, -0.2) is 85.3 Å². The van der Waals surface area contributed by atoms with Gasteiger partial charge >= 0.3 is 0 Å². The lowest BCUT2D eigenvalue weighted by atomic mass is 9.63. The number of halogens is 4. The normalized spacial score (nSPS) is 17.4. The highest BCUT2D eigenvalue weighted by molar-refractivity contribution is 6.30. The Balaban J connectivity index is 1.09. The summed E-state index contributed by atoms with van der Waals surface area (Å²) in [6, 6.07) is 41.0. The number of likely N-dealkylation sites (tertiary alicyclic amines) is 2. The summed E-state index contributed by atoms with van der Waals surface area (Å²) in [6.45, 7) is 7.85. The van der Waals surface area contributed by atoms with Gasteiger partial charge in [0.15, 0.2) is 0 Å².